The molecule has 1 nitrogen and oxygen atoms in total. The Morgan fingerprint density at radius 3 is 1.88 bits per heavy atom. The van der Waals surface area contributed by atoms with Crippen LogP contribution in [-0.4, -0.2) is 6.29 Å². The van der Waals surface area contributed by atoms with Crippen LogP contribution in [0.15, 0.2) is 16.6 Å². The van der Waals surface area contributed by atoms with E-state index in [1.807, 2.05) is 0 Å². The monoisotopic (exact) mass is 320 g/mol. The molecule has 0 aliphatic heterocycles. The summed E-state index contributed by atoms with van der Waals surface area (Å²) in [7, 11) is 0. The zero-order chi connectivity index (χ0) is 13.4. The summed E-state index contributed by atoms with van der Waals surface area (Å²) in [6, 6.07) is 0.909. The van der Waals surface area contributed by atoms with Gasteiger partial charge in [-0.3, -0.25) is 4.79 Å². The summed E-state index contributed by atoms with van der Waals surface area (Å²) in [5.74, 6) is 0. The average Bonchev–Trinajstić information content (AvgIpc) is 2.13. The van der Waals surface area contributed by atoms with Crippen molar-refractivity contribution in [2.45, 2.75) is 12.4 Å². The molecule has 0 N–H and O–H groups in total. The van der Waals surface area contributed by atoms with E-state index in [0.717, 1.165) is 0 Å². The number of aldehydes is 1. The molecule has 8 heteroatoms. The van der Waals surface area contributed by atoms with Gasteiger partial charge in [0.25, 0.3) is 0 Å². The van der Waals surface area contributed by atoms with E-state index in [4.69, 9.17) is 0 Å². The van der Waals surface area contributed by atoms with Crippen molar-refractivity contribution < 1.29 is 31.1 Å². The lowest BCUT2D eigenvalue weighted by atomic mass is 10.0. The molecule has 0 amide bonds. The van der Waals surface area contributed by atoms with E-state index in [9.17, 15) is 31.1 Å². The summed E-state index contributed by atoms with van der Waals surface area (Å²) in [6.07, 6.45) is -10.3. The number of hydrogen-bond acceptors (Lipinski definition) is 1. The van der Waals surface area contributed by atoms with E-state index in [1.165, 1.54) is 0 Å². The summed E-state index contributed by atoms with van der Waals surface area (Å²) >= 11 is 2.37. The number of halogens is 7. The van der Waals surface area contributed by atoms with Crippen molar-refractivity contribution in [3.8, 4) is 0 Å². The molecule has 0 saturated heterocycles. The van der Waals surface area contributed by atoms with Crippen LogP contribution in [0.3, 0.4) is 0 Å². The highest BCUT2D eigenvalue weighted by Gasteiger charge is 2.45. The van der Waals surface area contributed by atoms with Crippen LogP contribution in [0.1, 0.15) is 21.5 Å². The number of hydrogen-bond donors (Lipinski definition) is 0. The Morgan fingerprint density at radius 1 is 1.00 bits per heavy atom. The molecule has 0 heterocycles. The highest BCUT2D eigenvalue weighted by Crippen LogP contribution is 2.44. The van der Waals surface area contributed by atoms with Crippen LogP contribution in [0.5, 0.6) is 0 Å². The molecule has 1 rings (SSSR count). The average molecular weight is 321 g/mol. The number of benzene rings is 1. The minimum absolute atomic E-state index is 0.0411. The van der Waals surface area contributed by atoms with Gasteiger partial charge in [-0.05, 0) is 28.1 Å². The van der Waals surface area contributed by atoms with Gasteiger partial charge in [-0.1, -0.05) is 0 Å². The van der Waals surface area contributed by atoms with Gasteiger partial charge in [0.05, 0.1) is 11.1 Å². The molecule has 0 fully saturated rings. The second-order valence-corrected chi connectivity index (χ2v) is 3.80. The Balaban J connectivity index is 3.65. The third-order valence-electron chi connectivity index (χ3n) is 1.89. The Morgan fingerprint density at radius 2 is 1.53 bits per heavy atom. The second kappa shape index (κ2) is 4.32. The van der Waals surface area contributed by atoms with Gasteiger partial charge in [0.15, 0.2) is 6.29 Å². The highest BCUT2D eigenvalue weighted by molar-refractivity contribution is 9.10. The van der Waals surface area contributed by atoms with E-state index in [-0.39, 0.29) is 12.4 Å². The highest BCUT2D eigenvalue weighted by atomic mass is 79.9. The topological polar surface area (TPSA) is 17.1 Å². The van der Waals surface area contributed by atoms with Gasteiger partial charge in [0.2, 0.25) is 0 Å². The summed E-state index contributed by atoms with van der Waals surface area (Å²) in [5, 5.41) is 0. The van der Waals surface area contributed by atoms with Crippen molar-refractivity contribution in [1.29, 1.82) is 0 Å². The van der Waals surface area contributed by atoms with Crippen molar-refractivity contribution >= 4 is 22.2 Å². The molecule has 94 valence electrons. The summed E-state index contributed by atoms with van der Waals surface area (Å²) in [5.41, 5.74) is -4.22. The molecular weight excluding hydrogens is 318 g/mol. The molecule has 0 saturated carbocycles. The maximum Gasteiger partial charge on any atom is 0.418 e. The first-order chi connectivity index (χ1) is 7.59. The van der Waals surface area contributed by atoms with E-state index in [2.05, 4.69) is 15.9 Å². The minimum Gasteiger partial charge on any atom is -0.298 e. The van der Waals surface area contributed by atoms with Crippen LogP contribution >= 0.6 is 15.9 Å². The van der Waals surface area contributed by atoms with Crippen LogP contribution in [-0.2, 0) is 12.4 Å². The van der Waals surface area contributed by atoms with Crippen LogP contribution in [0.2, 0.25) is 0 Å². The van der Waals surface area contributed by atoms with Crippen molar-refractivity contribution in [1.82, 2.24) is 0 Å². The summed E-state index contributed by atoms with van der Waals surface area (Å²) in [4.78, 5) is 10.4. The number of carbonyl (C=O) groups is 1. The predicted octanol–water partition coefficient (Wildman–Crippen LogP) is 4.30. The first-order valence-electron chi connectivity index (χ1n) is 4.01. The van der Waals surface area contributed by atoms with Crippen LogP contribution in [0, 0.1) is 0 Å². The molecule has 0 aromatic heterocycles. The quantitative estimate of drug-likeness (QED) is 0.557. The van der Waals surface area contributed by atoms with E-state index >= 15 is 0 Å². The number of rotatable bonds is 1. The van der Waals surface area contributed by atoms with Crippen molar-refractivity contribution in [2.75, 3.05) is 0 Å². The Labute approximate surface area is 99.5 Å². The van der Waals surface area contributed by atoms with E-state index in [1.54, 1.807) is 0 Å². The molecule has 0 unspecified atom stereocenters. The maximum absolute atomic E-state index is 12.5. The molecule has 0 radical (unpaired) electrons. The molecule has 1 aromatic rings. The van der Waals surface area contributed by atoms with E-state index in [0.29, 0.717) is 6.07 Å². The summed E-state index contributed by atoms with van der Waals surface area (Å²) < 4.78 is 73.8. The fourth-order valence-electron chi connectivity index (χ4n) is 1.20. The molecule has 0 spiro atoms. The smallest absolute Gasteiger partial charge is 0.298 e. The SMILES string of the molecule is O=Cc1ccc(C(F)(F)F)c(C(F)(F)F)c1Br. The van der Waals surface area contributed by atoms with Crippen molar-refractivity contribution in [3.05, 3.63) is 33.3 Å². The number of alkyl halides is 6. The van der Waals surface area contributed by atoms with Crippen LogP contribution in [0.25, 0.3) is 0 Å². The van der Waals surface area contributed by atoms with Gasteiger partial charge in [0, 0.05) is 10.0 Å². The van der Waals surface area contributed by atoms with Gasteiger partial charge in [0.1, 0.15) is 0 Å². The van der Waals surface area contributed by atoms with Gasteiger partial charge >= 0.3 is 12.4 Å². The Bertz CT molecular complexity index is 448. The molecule has 1 aromatic carbocycles. The minimum atomic E-state index is -5.21. The first kappa shape index (κ1) is 14.0. The molecule has 0 aliphatic carbocycles. The van der Waals surface area contributed by atoms with Gasteiger partial charge in [-0.25, -0.2) is 0 Å². The third kappa shape index (κ3) is 2.80. The maximum atomic E-state index is 12.5. The molecule has 0 bridgehead atoms. The third-order valence-corrected chi connectivity index (χ3v) is 2.74. The van der Waals surface area contributed by atoms with Crippen molar-refractivity contribution in [3.63, 3.8) is 0 Å². The molecule has 17 heavy (non-hydrogen) atoms. The molecule has 0 aliphatic rings. The Hall–Kier alpha value is -1.05. The van der Waals surface area contributed by atoms with Gasteiger partial charge in [-0.2, -0.15) is 26.3 Å². The second-order valence-electron chi connectivity index (χ2n) is 3.00. The zero-order valence-corrected chi connectivity index (χ0v) is 9.37. The van der Waals surface area contributed by atoms with Crippen LogP contribution in [0.4, 0.5) is 26.3 Å². The standard InChI is InChI=1S/C9H3BrF6O/c10-7-4(3-17)1-2-5(8(11,12)13)6(7)9(14,15)16/h1-3H. The lowest BCUT2D eigenvalue weighted by Gasteiger charge is -2.17. The van der Waals surface area contributed by atoms with E-state index < -0.39 is 33.5 Å². The lowest BCUT2D eigenvalue weighted by Crippen LogP contribution is -2.18. The van der Waals surface area contributed by atoms with Crippen molar-refractivity contribution in [2.24, 2.45) is 0 Å². The summed E-state index contributed by atoms with van der Waals surface area (Å²) in [6.45, 7) is 0. The number of carbonyl (C=O) groups excluding carboxylic acids is 1. The first-order valence-corrected chi connectivity index (χ1v) is 4.80. The Kier molecular flexibility index (Phi) is 3.56. The largest absolute Gasteiger partial charge is 0.418 e. The fraction of sp³-hybridized carbons (Fsp3) is 0.222. The van der Waals surface area contributed by atoms with Gasteiger partial charge in [-0.15, -0.1) is 0 Å². The van der Waals surface area contributed by atoms with Gasteiger partial charge < -0.3 is 0 Å². The molecule has 0 atom stereocenters. The predicted molar refractivity (Wildman–Crippen MR) is 49.5 cm³/mol. The normalized spacial score (nSPS) is 12.6. The zero-order valence-electron chi connectivity index (χ0n) is 7.79. The van der Waals surface area contributed by atoms with Crippen LogP contribution < -0.4 is 0 Å². The molecular formula is C9H3BrF6O. The fourth-order valence-corrected chi connectivity index (χ4v) is 1.86. The lowest BCUT2D eigenvalue weighted by molar-refractivity contribution is -0.162.